The monoisotopic (exact) mass is 425 g/mol. The molecule has 2 aromatic carbocycles. The second-order valence-corrected chi connectivity index (χ2v) is 8.17. The van der Waals surface area contributed by atoms with Crippen LogP contribution in [0.3, 0.4) is 0 Å². The summed E-state index contributed by atoms with van der Waals surface area (Å²) >= 11 is 0. The predicted molar refractivity (Wildman–Crippen MR) is 115 cm³/mol. The van der Waals surface area contributed by atoms with E-state index in [-0.39, 0.29) is 18.3 Å². The lowest BCUT2D eigenvalue weighted by Gasteiger charge is -2.29. The lowest BCUT2D eigenvalue weighted by molar-refractivity contribution is 0.0190. The summed E-state index contributed by atoms with van der Waals surface area (Å²) in [6, 6.07) is 13.4. The van der Waals surface area contributed by atoms with Crippen LogP contribution in [0.25, 0.3) is 10.8 Å². The molecule has 0 spiro atoms. The maximum atomic E-state index is 12.7. The van der Waals surface area contributed by atoms with Crippen molar-refractivity contribution in [3.63, 3.8) is 0 Å². The van der Waals surface area contributed by atoms with Crippen LogP contribution in [0.2, 0.25) is 0 Å². The van der Waals surface area contributed by atoms with Gasteiger partial charge in [0, 0.05) is 13.5 Å². The van der Waals surface area contributed by atoms with Crippen LogP contribution in [0.5, 0.6) is 0 Å². The first-order valence-electron chi connectivity index (χ1n) is 10.1. The van der Waals surface area contributed by atoms with E-state index in [1.54, 1.807) is 34.7 Å². The van der Waals surface area contributed by atoms with Gasteiger partial charge in [-0.25, -0.2) is 9.59 Å². The van der Waals surface area contributed by atoms with Crippen molar-refractivity contribution in [1.82, 2.24) is 15.0 Å². The van der Waals surface area contributed by atoms with Gasteiger partial charge in [-0.1, -0.05) is 42.5 Å². The van der Waals surface area contributed by atoms with Crippen molar-refractivity contribution in [1.29, 1.82) is 0 Å². The molecule has 0 saturated carbocycles. The van der Waals surface area contributed by atoms with Crippen molar-refractivity contribution in [2.45, 2.75) is 45.8 Å². The number of ether oxygens (including phenoxy) is 2. The molecule has 31 heavy (non-hydrogen) atoms. The molecule has 164 valence electrons. The Bertz CT molecular complexity index is 1070. The van der Waals surface area contributed by atoms with Gasteiger partial charge < -0.3 is 14.0 Å². The zero-order chi connectivity index (χ0) is 22.6. The molecule has 0 unspecified atom stereocenters. The minimum absolute atomic E-state index is 0.129. The number of benzene rings is 2. The Morgan fingerprint density at radius 2 is 1.84 bits per heavy atom. The van der Waals surface area contributed by atoms with Crippen molar-refractivity contribution in [2.24, 2.45) is 0 Å². The van der Waals surface area contributed by atoms with E-state index in [2.05, 4.69) is 10.1 Å². The van der Waals surface area contributed by atoms with Crippen LogP contribution in [0.1, 0.15) is 55.8 Å². The number of fused-ring (bicyclic) bond motifs is 1. The molecule has 0 aliphatic rings. The molecule has 1 aromatic heterocycles. The maximum absolute atomic E-state index is 12.7. The van der Waals surface area contributed by atoms with Gasteiger partial charge in [-0.05, 0) is 49.2 Å². The van der Waals surface area contributed by atoms with Gasteiger partial charge in [0.15, 0.2) is 0 Å². The number of nitrogens with zero attached hydrogens (tertiary/aromatic N) is 3. The summed E-state index contributed by atoms with van der Waals surface area (Å²) in [5.74, 6) is -0.732. The van der Waals surface area contributed by atoms with Gasteiger partial charge in [0.1, 0.15) is 11.6 Å². The summed E-state index contributed by atoms with van der Waals surface area (Å²) < 4.78 is 15.8. The van der Waals surface area contributed by atoms with E-state index in [4.69, 9.17) is 14.0 Å². The van der Waals surface area contributed by atoms with Crippen molar-refractivity contribution < 1.29 is 23.6 Å². The van der Waals surface area contributed by atoms with E-state index in [1.807, 2.05) is 42.5 Å². The van der Waals surface area contributed by atoms with Gasteiger partial charge in [0.2, 0.25) is 5.89 Å². The van der Waals surface area contributed by atoms with Gasteiger partial charge in [-0.2, -0.15) is 4.98 Å². The molecule has 8 nitrogen and oxygen atoms in total. The molecule has 3 rings (SSSR count). The summed E-state index contributed by atoms with van der Waals surface area (Å²) in [6.07, 6.45) is -0.139. The Balaban J connectivity index is 1.93. The average molecular weight is 425 g/mol. The van der Waals surface area contributed by atoms with E-state index >= 15 is 0 Å². The van der Waals surface area contributed by atoms with E-state index in [1.165, 1.54) is 4.90 Å². The maximum Gasteiger partial charge on any atom is 0.410 e. The van der Waals surface area contributed by atoms with Gasteiger partial charge in [0.05, 0.1) is 6.61 Å². The molecule has 1 heterocycles. The minimum atomic E-state index is -0.679. The van der Waals surface area contributed by atoms with E-state index in [9.17, 15) is 9.59 Å². The van der Waals surface area contributed by atoms with Gasteiger partial charge in [-0.15, -0.1) is 0 Å². The van der Waals surface area contributed by atoms with Gasteiger partial charge in [-0.3, -0.25) is 4.90 Å². The fourth-order valence-electron chi connectivity index (χ4n) is 3.09. The number of aromatic nitrogens is 2. The molecule has 0 radical (unpaired) electrons. The molecular weight excluding hydrogens is 398 g/mol. The van der Waals surface area contributed by atoms with E-state index < -0.39 is 23.7 Å². The number of hydrogen-bond donors (Lipinski definition) is 0. The highest BCUT2D eigenvalue weighted by atomic mass is 16.6. The molecule has 1 atom stereocenters. The van der Waals surface area contributed by atoms with Crippen LogP contribution in [-0.2, 0) is 15.9 Å². The van der Waals surface area contributed by atoms with Crippen molar-refractivity contribution in [2.75, 3.05) is 13.7 Å². The van der Waals surface area contributed by atoms with E-state index in [0.717, 1.165) is 16.3 Å². The quantitative estimate of drug-likeness (QED) is 0.535. The Labute approximate surface area is 181 Å². The van der Waals surface area contributed by atoms with Crippen LogP contribution < -0.4 is 0 Å². The molecule has 0 N–H and O–H groups in total. The Kier molecular flexibility index (Phi) is 6.58. The standard InChI is InChI=1S/C23H27N3O5/c1-6-29-21(27)19-24-20(31-25-19)18(26(5)22(28)30-23(2,3)4)14-15-11-12-16-9-7-8-10-17(16)13-15/h7-13,18H,6,14H2,1-5H3/t18-/m1/s1. The van der Waals surface area contributed by atoms with E-state index in [0.29, 0.717) is 6.42 Å². The molecular formula is C23H27N3O5. The summed E-state index contributed by atoms with van der Waals surface area (Å²) in [5.41, 5.74) is 0.305. The first-order chi connectivity index (χ1) is 14.7. The van der Waals surface area contributed by atoms with Crippen molar-refractivity contribution >= 4 is 22.8 Å². The largest absolute Gasteiger partial charge is 0.460 e. The highest BCUT2D eigenvalue weighted by Crippen LogP contribution is 2.27. The SMILES string of the molecule is CCOC(=O)c1noc([C@@H](Cc2ccc3ccccc3c2)N(C)C(=O)OC(C)(C)C)n1. The Morgan fingerprint density at radius 1 is 1.13 bits per heavy atom. The highest BCUT2D eigenvalue weighted by Gasteiger charge is 2.31. The third-order valence-electron chi connectivity index (χ3n) is 4.58. The molecule has 0 saturated heterocycles. The number of amides is 1. The lowest BCUT2D eigenvalue weighted by atomic mass is 10.0. The number of carbonyl (C=O) groups excluding carboxylic acids is 2. The number of likely N-dealkylation sites (N-methyl/N-ethyl adjacent to an activating group) is 1. The smallest absolute Gasteiger partial charge is 0.410 e. The summed E-state index contributed by atoms with van der Waals surface area (Å²) in [6.45, 7) is 7.27. The molecule has 1 amide bonds. The fourth-order valence-corrected chi connectivity index (χ4v) is 3.09. The predicted octanol–water partition coefficient (Wildman–Crippen LogP) is 4.55. The number of rotatable bonds is 6. The third kappa shape index (κ3) is 5.59. The fraction of sp³-hybridized carbons (Fsp3) is 0.391. The highest BCUT2D eigenvalue weighted by molar-refractivity contribution is 5.85. The molecule has 0 fully saturated rings. The number of carbonyl (C=O) groups is 2. The molecule has 8 heteroatoms. The summed E-state index contributed by atoms with van der Waals surface area (Å²) in [5, 5.41) is 5.92. The Hall–Kier alpha value is -3.42. The lowest BCUT2D eigenvalue weighted by Crippen LogP contribution is -2.37. The van der Waals surface area contributed by atoms with Crippen LogP contribution in [0, 0.1) is 0 Å². The molecule has 0 bridgehead atoms. The second kappa shape index (κ2) is 9.16. The van der Waals surface area contributed by atoms with Crippen LogP contribution in [0.15, 0.2) is 47.0 Å². The molecule has 3 aromatic rings. The zero-order valence-corrected chi connectivity index (χ0v) is 18.4. The summed E-state index contributed by atoms with van der Waals surface area (Å²) in [4.78, 5) is 30.3. The van der Waals surface area contributed by atoms with Crippen molar-refractivity contribution in [3.8, 4) is 0 Å². The first-order valence-corrected chi connectivity index (χ1v) is 10.1. The van der Waals surface area contributed by atoms with Crippen LogP contribution >= 0.6 is 0 Å². The second-order valence-electron chi connectivity index (χ2n) is 8.17. The van der Waals surface area contributed by atoms with Gasteiger partial charge in [0.25, 0.3) is 5.82 Å². The van der Waals surface area contributed by atoms with Crippen molar-refractivity contribution in [3.05, 3.63) is 59.7 Å². The van der Waals surface area contributed by atoms with Crippen LogP contribution in [-0.4, -0.2) is 46.4 Å². The molecule has 0 aliphatic carbocycles. The first kappa shape index (κ1) is 22.3. The third-order valence-corrected chi connectivity index (χ3v) is 4.58. The average Bonchev–Trinajstić information content (AvgIpc) is 3.20. The zero-order valence-electron chi connectivity index (χ0n) is 18.4. The molecule has 0 aliphatic heterocycles. The number of esters is 1. The normalized spacial score (nSPS) is 12.4. The van der Waals surface area contributed by atoms with Crippen LogP contribution in [0.4, 0.5) is 4.79 Å². The number of hydrogen-bond acceptors (Lipinski definition) is 7. The minimum Gasteiger partial charge on any atom is -0.460 e. The van der Waals surface area contributed by atoms with Gasteiger partial charge >= 0.3 is 12.1 Å². The Morgan fingerprint density at radius 3 is 2.52 bits per heavy atom. The topological polar surface area (TPSA) is 94.8 Å². The summed E-state index contributed by atoms with van der Waals surface area (Å²) in [7, 11) is 1.61.